The van der Waals surface area contributed by atoms with Crippen molar-refractivity contribution in [3.05, 3.63) is 41.6 Å². The largest absolute Gasteiger partial charge is 0.497 e. The molecular weight excluding hydrogens is 290 g/mol. The van der Waals surface area contributed by atoms with Crippen LogP contribution in [0.15, 0.2) is 30.3 Å². The molecule has 0 fully saturated rings. The van der Waals surface area contributed by atoms with Crippen molar-refractivity contribution in [2.24, 2.45) is 5.92 Å². The van der Waals surface area contributed by atoms with Crippen LogP contribution in [0.3, 0.4) is 0 Å². The summed E-state index contributed by atoms with van der Waals surface area (Å²) < 4.78 is 11.1. The number of anilines is 1. The average molecular weight is 313 g/mol. The predicted molar refractivity (Wildman–Crippen MR) is 90.2 cm³/mol. The maximum absolute atomic E-state index is 5.89. The van der Waals surface area contributed by atoms with E-state index in [1.54, 1.807) is 7.11 Å². The van der Waals surface area contributed by atoms with E-state index in [0.717, 1.165) is 35.9 Å². The van der Waals surface area contributed by atoms with E-state index in [4.69, 9.17) is 9.47 Å². The predicted octanol–water partition coefficient (Wildman–Crippen LogP) is 3.10. The van der Waals surface area contributed by atoms with E-state index in [2.05, 4.69) is 35.4 Å². The highest BCUT2D eigenvalue weighted by atomic mass is 16.5. The average Bonchev–Trinajstić information content (AvgIpc) is 2.55. The summed E-state index contributed by atoms with van der Waals surface area (Å²) in [6.07, 6.45) is 1.87. The first-order chi connectivity index (χ1) is 11.1. The molecule has 2 heterocycles. The number of hydrogen-bond acceptors (Lipinski definition) is 5. The van der Waals surface area contributed by atoms with Gasteiger partial charge in [-0.1, -0.05) is 6.07 Å². The first kappa shape index (κ1) is 15.6. The molecule has 2 aromatic rings. The second-order valence-electron chi connectivity index (χ2n) is 6.27. The number of fused-ring (bicyclic) bond motifs is 1. The van der Waals surface area contributed by atoms with Gasteiger partial charge in [0.15, 0.2) is 0 Å². The first-order valence-electron chi connectivity index (χ1n) is 8.03. The van der Waals surface area contributed by atoms with Gasteiger partial charge in [-0.25, -0.2) is 0 Å². The van der Waals surface area contributed by atoms with Crippen molar-refractivity contribution in [1.82, 2.24) is 10.2 Å². The molecule has 5 heteroatoms. The molecule has 1 aromatic heterocycles. The molecule has 5 nitrogen and oxygen atoms in total. The molecule has 122 valence electrons. The van der Waals surface area contributed by atoms with Crippen LogP contribution in [-0.2, 0) is 12.8 Å². The minimum absolute atomic E-state index is 0.357. The van der Waals surface area contributed by atoms with Crippen molar-refractivity contribution in [3.63, 3.8) is 0 Å². The quantitative estimate of drug-likeness (QED) is 0.919. The summed E-state index contributed by atoms with van der Waals surface area (Å²) in [5.74, 6) is 3.01. The standard InChI is InChI=1S/C18H23N3O2/c1-12(2)19-18-7-5-15(20-21-18)9-13-8-14-4-6-16(22-3)10-17(14)23-11-13/h4-7,10,12-13H,8-9,11H2,1-3H3,(H,19,21)/t13-/m0/s1. The third-order valence-electron chi connectivity index (χ3n) is 3.91. The molecule has 0 radical (unpaired) electrons. The van der Waals surface area contributed by atoms with Gasteiger partial charge < -0.3 is 14.8 Å². The van der Waals surface area contributed by atoms with E-state index in [1.165, 1.54) is 5.56 Å². The smallest absolute Gasteiger partial charge is 0.148 e. The molecule has 3 rings (SSSR count). The second-order valence-corrected chi connectivity index (χ2v) is 6.27. The Hall–Kier alpha value is -2.30. The van der Waals surface area contributed by atoms with Crippen molar-refractivity contribution in [2.45, 2.75) is 32.7 Å². The van der Waals surface area contributed by atoms with Crippen LogP contribution in [0.5, 0.6) is 11.5 Å². The lowest BCUT2D eigenvalue weighted by molar-refractivity contribution is 0.219. The van der Waals surface area contributed by atoms with Gasteiger partial charge in [-0.05, 0) is 50.5 Å². The number of benzene rings is 1. The van der Waals surface area contributed by atoms with Gasteiger partial charge in [0.25, 0.3) is 0 Å². The highest BCUT2D eigenvalue weighted by Crippen LogP contribution is 2.31. The van der Waals surface area contributed by atoms with Crippen molar-refractivity contribution >= 4 is 5.82 Å². The molecule has 23 heavy (non-hydrogen) atoms. The number of ether oxygens (including phenoxy) is 2. The third kappa shape index (κ3) is 3.92. The Morgan fingerprint density at radius 1 is 1.26 bits per heavy atom. The summed E-state index contributed by atoms with van der Waals surface area (Å²) in [6, 6.07) is 10.4. The summed E-state index contributed by atoms with van der Waals surface area (Å²) in [5, 5.41) is 11.8. The molecule has 0 saturated heterocycles. The maximum Gasteiger partial charge on any atom is 0.148 e. The topological polar surface area (TPSA) is 56.3 Å². The van der Waals surface area contributed by atoms with Crippen LogP contribution < -0.4 is 14.8 Å². The fourth-order valence-electron chi connectivity index (χ4n) is 2.81. The molecular formula is C18H23N3O2. The van der Waals surface area contributed by atoms with Gasteiger partial charge in [-0.15, -0.1) is 5.10 Å². The van der Waals surface area contributed by atoms with Crippen LogP contribution in [0.4, 0.5) is 5.82 Å². The summed E-state index contributed by atoms with van der Waals surface area (Å²) in [6.45, 7) is 4.87. The van der Waals surface area contributed by atoms with Gasteiger partial charge in [0, 0.05) is 18.0 Å². The molecule has 0 saturated carbocycles. The lowest BCUT2D eigenvalue weighted by Crippen LogP contribution is -2.23. The number of nitrogens with one attached hydrogen (secondary N) is 1. The van der Waals surface area contributed by atoms with Crippen LogP contribution in [0.25, 0.3) is 0 Å². The lowest BCUT2D eigenvalue weighted by atomic mass is 9.92. The van der Waals surface area contributed by atoms with Gasteiger partial charge >= 0.3 is 0 Å². The Morgan fingerprint density at radius 3 is 2.83 bits per heavy atom. The highest BCUT2D eigenvalue weighted by Gasteiger charge is 2.21. The molecule has 1 aliphatic heterocycles. The van der Waals surface area contributed by atoms with Crippen LogP contribution in [0.1, 0.15) is 25.1 Å². The fraction of sp³-hybridized carbons (Fsp3) is 0.444. The minimum Gasteiger partial charge on any atom is -0.497 e. The van der Waals surface area contributed by atoms with Gasteiger partial charge in [0.2, 0.25) is 0 Å². The fourth-order valence-corrected chi connectivity index (χ4v) is 2.81. The van der Waals surface area contributed by atoms with Crippen LogP contribution in [-0.4, -0.2) is 30.0 Å². The van der Waals surface area contributed by atoms with Gasteiger partial charge in [-0.2, -0.15) is 5.10 Å². The van der Waals surface area contributed by atoms with E-state index in [9.17, 15) is 0 Å². The Balaban J connectivity index is 1.63. The molecule has 0 amide bonds. The molecule has 0 unspecified atom stereocenters. The summed E-state index contributed by atoms with van der Waals surface area (Å²) in [4.78, 5) is 0. The van der Waals surface area contributed by atoms with E-state index in [0.29, 0.717) is 18.6 Å². The van der Waals surface area contributed by atoms with Crippen LogP contribution >= 0.6 is 0 Å². The minimum atomic E-state index is 0.357. The van der Waals surface area contributed by atoms with Crippen molar-refractivity contribution < 1.29 is 9.47 Å². The molecule has 1 aliphatic rings. The zero-order valence-corrected chi connectivity index (χ0v) is 13.9. The molecule has 1 atom stereocenters. The van der Waals surface area contributed by atoms with Crippen molar-refractivity contribution in [2.75, 3.05) is 19.0 Å². The lowest BCUT2D eigenvalue weighted by Gasteiger charge is -2.25. The van der Waals surface area contributed by atoms with E-state index in [-0.39, 0.29) is 0 Å². The Kier molecular flexibility index (Phi) is 4.65. The second kappa shape index (κ2) is 6.86. The van der Waals surface area contributed by atoms with Gasteiger partial charge in [-0.3, -0.25) is 0 Å². The Morgan fingerprint density at radius 2 is 2.13 bits per heavy atom. The first-order valence-corrected chi connectivity index (χ1v) is 8.03. The van der Waals surface area contributed by atoms with Crippen molar-refractivity contribution in [1.29, 1.82) is 0 Å². The number of nitrogens with zero attached hydrogens (tertiary/aromatic N) is 2. The number of methoxy groups -OCH3 is 1. The SMILES string of the molecule is COc1ccc2c(c1)OC[C@H](Cc1ccc(NC(C)C)nn1)C2. The zero-order valence-electron chi connectivity index (χ0n) is 13.9. The molecule has 1 aromatic carbocycles. The number of aromatic nitrogens is 2. The normalized spacial score (nSPS) is 16.6. The molecule has 0 aliphatic carbocycles. The zero-order chi connectivity index (χ0) is 16.2. The third-order valence-corrected chi connectivity index (χ3v) is 3.91. The van der Waals surface area contributed by atoms with E-state index >= 15 is 0 Å². The highest BCUT2D eigenvalue weighted by molar-refractivity contribution is 5.42. The maximum atomic E-state index is 5.89. The number of hydrogen-bond donors (Lipinski definition) is 1. The van der Waals surface area contributed by atoms with E-state index < -0.39 is 0 Å². The molecule has 0 spiro atoms. The summed E-state index contributed by atoms with van der Waals surface area (Å²) >= 11 is 0. The summed E-state index contributed by atoms with van der Waals surface area (Å²) in [5.41, 5.74) is 2.23. The molecule has 0 bridgehead atoms. The molecule has 1 N–H and O–H groups in total. The van der Waals surface area contributed by atoms with Gasteiger partial charge in [0.05, 0.1) is 19.4 Å². The van der Waals surface area contributed by atoms with Crippen molar-refractivity contribution in [3.8, 4) is 11.5 Å². The van der Waals surface area contributed by atoms with Crippen LogP contribution in [0, 0.1) is 5.92 Å². The summed E-state index contributed by atoms with van der Waals surface area (Å²) in [7, 11) is 1.67. The van der Waals surface area contributed by atoms with E-state index in [1.807, 2.05) is 24.3 Å². The Bertz CT molecular complexity index is 656. The van der Waals surface area contributed by atoms with Crippen LogP contribution in [0.2, 0.25) is 0 Å². The monoisotopic (exact) mass is 313 g/mol. The van der Waals surface area contributed by atoms with Gasteiger partial charge in [0.1, 0.15) is 17.3 Å². The Labute approximate surface area is 137 Å². The number of rotatable bonds is 5.